The number of hydrogen-bond donors (Lipinski definition) is 1. The summed E-state index contributed by atoms with van der Waals surface area (Å²) in [6.45, 7) is 8.05. The molecule has 1 aromatic rings. The van der Waals surface area contributed by atoms with Gasteiger partial charge in [0, 0.05) is 32.1 Å². The lowest BCUT2D eigenvalue weighted by Gasteiger charge is -2.35. The Morgan fingerprint density at radius 2 is 2.00 bits per heavy atom. The highest BCUT2D eigenvalue weighted by molar-refractivity contribution is 5.49. The van der Waals surface area contributed by atoms with E-state index in [2.05, 4.69) is 47.7 Å². The molecule has 2 rings (SSSR count). The van der Waals surface area contributed by atoms with Gasteiger partial charge in [-0.15, -0.1) is 0 Å². The van der Waals surface area contributed by atoms with Crippen molar-refractivity contribution < 1.29 is 0 Å². The summed E-state index contributed by atoms with van der Waals surface area (Å²) in [5.41, 5.74) is 8.01. The Balaban J connectivity index is 2.06. The van der Waals surface area contributed by atoms with Gasteiger partial charge in [0.15, 0.2) is 0 Å². The van der Waals surface area contributed by atoms with Gasteiger partial charge in [-0.05, 0) is 32.9 Å². The van der Waals surface area contributed by atoms with Gasteiger partial charge in [0.2, 0.25) is 0 Å². The van der Waals surface area contributed by atoms with E-state index in [1.165, 1.54) is 19.4 Å². The van der Waals surface area contributed by atoms with Crippen molar-refractivity contribution in [3.05, 3.63) is 17.7 Å². The molecule has 1 aliphatic heterocycles. The summed E-state index contributed by atoms with van der Waals surface area (Å²) >= 11 is 0. The molecule has 1 fully saturated rings. The molecule has 2 heterocycles. The molecule has 5 heteroatoms. The van der Waals surface area contributed by atoms with Crippen molar-refractivity contribution >= 4 is 5.69 Å². The molecule has 2 N–H and O–H groups in total. The van der Waals surface area contributed by atoms with Gasteiger partial charge in [0.1, 0.15) is 5.82 Å². The third kappa shape index (κ3) is 4.14. The van der Waals surface area contributed by atoms with E-state index in [1.807, 2.05) is 6.20 Å². The molecule has 5 nitrogen and oxygen atoms in total. The standard InChI is InChI=1S/C16H29N5/c1-12(2)16-18-10-15(14(9-17)19-16)21-7-5-13(6-8-21)11-20(3)4/h10,12-13H,5-9,11,17H2,1-4H3. The smallest absolute Gasteiger partial charge is 0.131 e. The second-order valence-electron chi connectivity index (χ2n) is 6.61. The first-order chi connectivity index (χ1) is 10.0. The third-order valence-electron chi connectivity index (χ3n) is 4.15. The van der Waals surface area contributed by atoms with Crippen LogP contribution in [0.2, 0.25) is 0 Å². The van der Waals surface area contributed by atoms with Gasteiger partial charge in [-0.1, -0.05) is 13.8 Å². The van der Waals surface area contributed by atoms with Crippen LogP contribution in [0.25, 0.3) is 0 Å². The van der Waals surface area contributed by atoms with Gasteiger partial charge in [-0.25, -0.2) is 9.97 Å². The minimum absolute atomic E-state index is 0.343. The monoisotopic (exact) mass is 291 g/mol. The van der Waals surface area contributed by atoms with Crippen molar-refractivity contribution in [2.75, 3.05) is 38.6 Å². The van der Waals surface area contributed by atoms with Gasteiger partial charge in [0.25, 0.3) is 0 Å². The Labute approximate surface area is 128 Å². The van der Waals surface area contributed by atoms with Crippen LogP contribution in [0.4, 0.5) is 5.69 Å². The second kappa shape index (κ2) is 7.18. The van der Waals surface area contributed by atoms with Crippen molar-refractivity contribution in [2.24, 2.45) is 11.7 Å². The van der Waals surface area contributed by atoms with E-state index in [0.29, 0.717) is 12.5 Å². The molecule has 1 aromatic heterocycles. The summed E-state index contributed by atoms with van der Waals surface area (Å²) in [5.74, 6) is 2.03. The summed E-state index contributed by atoms with van der Waals surface area (Å²) in [6, 6.07) is 0. The van der Waals surface area contributed by atoms with Crippen LogP contribution >= 0.6 is 0 Å². The van der Waals surface area contributed by atoms with Gasteiger partial charge >= 0.3 is 0 Å². The summed E-state index contributed by atoms with van der Waals surface area (Å²) in [6.07, 6.45) is 4.43. The van der Waals surface area contributed by atoms with Crippen LogP contribution in [0.15, 0.2) is 6.20 Å². The topological polar surface area (TPSA) is 58.3 Å². The zero-order valence-electron chi connectivity index (χ0n) is 13.8. The van der Waals surface area contributed by atoms with E-state index in [0.717, 1.165) is 36.2 Å². The van der Waals surface area contributed by atoms with Gasteiger partial charge in [0.05, 0.1) is 17.6 Å². The molecule has 0 radical (unpaired) electrons. The molecule has 0 spiro atoms. The second-order valence-corrected chi connectivity index (χ2v) is 6.61. The fourth-order valence-corrected chi connectivity index (χ4v) is 2.99. The van der Waals surface area contributed by atoms with Crippen LogP contribution in [0, 0.1) is 5.92 Å². The van der Waals surface area contributed by atoms with E-state index in [9.17, 15) is 0 Å². The highest BCUT2D eigenvalue weighted by Crippen LogP contribution is 2.26. The number of nitrogens with zero attached hydrogens (tertiary/aromatic N) is 4. The fraction of sp³-hybridized carbons (Fsp3) is 0.750. The van der Waals surface area contributed by atoms with Crippen molar-refractivity contribution in [1.82, 2.24) is 14.9 Å². The number of nitrogens with two attached hydrogens (primary N) is 1. The summed E-state index contributed by atoms with van der Waals surface area (Å²) < 4.78 is 0. The van der Waals surface area contributed by atoms with E-state index in [-0.39, 0.29) is 0 Å². The maximum atomic E-state index is 5.90. The van der Waals surface area contributed by atoms with E-state index >= 15 is 0 Å². The average molecular weight is 291 g/mol. The molecule has 0 atom stereocenters. The van der Waals surface area contributed by atoms with Crippen LogP contribution in [0.1, 0.15) is 44.1 Å². The number of aromatic nitrogens is 2. The highest BCUT2D eigenvalue weighted by atomic mass is 15.2. The lowest BCUT2D eigenvalue weighted by atomic mass is 9.96. The maximum Gasteiger partial charge on any atom is 0.131 e. The Bertz CT molecular complexity index is 450. The first kappa shape index (κ1) is 16.2. The first-order valence-corrected chi connectivity index (χ1v) is 7.96. The Morgan fingerprint density at radius 1 is 1.33 bits per heavy atom. The third-order valence-corrected chi connectivity index (χ3v) is 4.15. The molecule has 0 saturated carbocycles. The number of piperidine rings is 1. The molecule has 0 unspecified atom stereocenters. The molecule has 0 amide bonds. The van der Waals surface area contributed by atoms with Crippen LogP contribution < -0.4 is 10.6 Å². The molecule has 1 saturated heterocycles. The Kier molecular flexibility index (Phi) is 5.53. The molecule has 0 aromatic carbocycles. The van der Waals surface area contributed by atoms with Gasteiger partial charge < -0.3 is 15.5 Å². The van der Waals surface area contributed by atoms with Crippen LogP contribution in [0.5, 0.6) is 0 Å². The van der Waals surface area contributed by atoms with Crippen molar-refractivity contribution in [2.45, 2.75) is 39.2 Å². The van der Waals surface area contributed by atoms with E-state index < -0.39 is 0 Å². The lowest BCUT2D eigenvalue weighted by molar-refractivity contribution is 0.285. The van der Waals surface area contributed by atoms with E-state index in [1.54, 1.807) is 0 Å². The Hall–Kier alpha value is -1.20. The molecule has 21 heavy (non-hydrogen) atoms. The largest absolute Gasteiger partial charge is 0.369 e. The van der Waals surface area contributed by atoms with Crippen LogP contribution in [-0.2, 0) is 6.54 Å². The van der Waals surface area contributed by atoms with Crippen LogP contribution in [-0.4, -0.2) is 48.6 Å². The summed E-state index contributed by atoms with van der Waals surface area (Å²) in [7, 11) is 4.30. The summed E-state index contributed by atoms with van der Waals surface area (Å²) in [5, 5.41) is 0. The zero-order valence-corrected chi connectivity index (χ0v) is 13.8. The SMILES string of the molecule is CC(C)c1ncc(N2CCC(CN(C)C)CC2)c(CN)n1. The van der Waals surface area contributed by atoms with Crippen LogP contribution in [0.3, 0.4) is 0 Å². The Morgan fingerprint density at radius 3 is 2.52 bits per heavy atom. The van der Waals surface area contributed by atoms with Gasteiger partial charge in [-0.3, -0.25) is 0 Å². The first-order valence-electron chi connectivity index (χ1n) is 7.96. The van der Waals surface area contributed by atoms with Crippen molar-refractivity contribution in [1.29, 1.82) is 0 Å². The molecule has 0 bridgehead atoms. The molecular weight excluding hydrogens is 262 g/mol. The normalized spacial score (nSPS) is 17.0. The van der Waals surface area contributed by atoms with Gasteiger partial charge in [-0.2, -0.15) is 0 Å². The lowest BCUT2D eigenvalue weighted by Crippen LogP contribution is -2.38. The predicted octanol–water partition coefficient (Wildman–Crippen LogP) is 1.84. The maximum absolute atomic E-state index is 5.90. The number of hydrogen-bond acceptors (Lipinski definition) is 5. The van der Waals surface area contributed by atoms with Crippen molar-refractivity contribution in [3.8, 4) is 0 Å². The minimum atomic E-state index is 0.343. The summed E-state index contributed by atoms with van der Waals surface area (Å²) in [4.78, 5) is 13.8. The predicted molar refractivity (Wildman–Crippen MR) is 87.5 cm³/mol. The molecule has 1 aliphatic rings. The van der Waals surface area contributed by atoms with Crippen molar-refractivity contribution in [3.63, 3.8) is 0 Å². The van der Waals surface area contributed by atoms with E-state index in [4.69, 9.17) is 5.73 Å². The molecule has 118 valence electrons. The zero-order chi connectivity index (χ0) is 15.4. The average Bonchev–Trinajstić information content (AvgIpc) is 2.46. The number of anilines is 1. The fourth-order valence-electron chi connectivity index (χ4n) is 2.99. The molecule has 0 aliphatic carbocycles. The number of rotatable bonds is 5. The molecular formula is C16H29N5. The quantitative estimate of drug-likeness (QED) is 0.897. The minimum Gasteiger partial charge on any atom is -0.369 e. The highest BCUT2D eigenvalue weighted by Gasteiger charge is 2.22.